The molecule has 0 radical (unpaired) electrons. The van der Waals surface area contributed by atoms with Crippen LogP contribution in [0.2, 0.25) is 0 Å². The fourth-order valence-electron chi connectivity index (χ4n) is 7.01. The second-order valence-corrected chi connectivity index (χ2v) is 11.0. The van der Waals surface area contributed by atoms with Crippen LogP contribution in [-0.2, 0) is 4.79 Å². The van der Waals surface area contributed by atoms with Gasteiger partial charge in [-0.05, 0) is 50.7 Å². The third-order valence-corrected chi connectivity index (χ3v) is 8.71. The number of fused-ring (bicyclic) bond motifs is 3. The molecule has 3 fully saturated rings. The minimum absolute atomic E-state index is 0.112. The van der Waals surface area contributed by atoms with Gasteiger partial charge in [0.25, 0.3) is 5.56 Å². The largest absolute Gasteiger partial charge is 0.480 e. The predicted molar refractivity (Wildman–Crippen MR) is 144 cm³/mol. The second-order valence-electron chi connectivity index (χ2n) is 11.0. The van der Waals surface area contributed by atoms with Crippen molar-refractivity contribution in [3.63, 3.8) is 0 Å². The maximum Gasteiger partial charge on any atom is 0.323 e. The number of hydrogen-bond acceptors (Lipinski definition) is 7. The van der Waals surface area contributed by atoms with E-state index in [1.807, 2.05) is 28.8 Å². The molecule has 2 aliphatic heterocycles. The average Bonchev–Trinajstić information content (AvgIpc) is 3.12. The molecule has 1 aliphatic carbocycles. The van der Waals surface area contributed by atoms with E-state index in [2.05, 4.69) is 20.5 Å². The molecule has 4 atom stereocenters. The Kier molecular flexibility index (Phi) is 8.42. The molecule has 0 spiro atoms. The van der Waals surface area contributed by atoms with Gasteiger partial charge in [0, 0.05) is 37.3 Å². The first-order chi connectivity index (χ1) is 18.1. The highest BCUT2D eigenvalue weighted by molar-refractivity contribution is 5.76. The van der Waals surface area contributed by atoms with E-state index in [1.54, 1.807) is 0 Å². The van der Waals surface area contributed by atoms with Gasteiger partial charge in [0.05, 0.1) is 17.6 Å². The number of anilines is 1. The highest BCUT2D eigenvalue weighted by atomic mass is 16.4. The van der Waals surface area contributed by atoms with Crippen LogP contribution >= 0.6 is 0 Å². The number of nitrogens with zero attached hydrogens (tertiary/aromatic N) is 3. The van der Waals surface area contributed by atoms with Crippen molar-refractivity contribution in [3.05, 3.63) is 34.6 Å². The van der Waals surface area contributed by atoms with Crippen molar-refractivity contribution in [1.82, 2.24) is 19.8 Å². The number of piperidine rings is 1. The van der Waals surface area contributed by atoms with Gasteiger partial charge in [-0.1, -0.05) is 44.2 Å². The lowest BCUT2D eigenvalue weighted by Crippen LogP contribution is -2.50. The molecule has 4 N–H and O–H groups in total. The number of carbonyl (C=O) groups is 1. The fourth-order valence-corrected chi connectivity index (χ4v) is 7.01. The molecule has 0 amide bonds. The Labute approximate surface area is 218 Å². The molecule has 202 valence electrons. The molecule has 2 aromatic rings. The van der Waals surface area contributed by atoms with Gasteiger partial charge < -0.3 is 25.4 Å². The molecule has 5 rings (SSSR count). The van der Waals surface area contributed by atoms with E-state index in [9.17, 15) is 14.7 Å². The lowest BCUT2D eigenvalue weighted by molar-refractivity contribution is -0.140. The van der Waals surface area contributed by atoms with Gasteiger partial charge in [0.15, 0.2) is 5.82 Å². The van der Waals surface area contributed by atoms with Crippen molar-refractivity contribution in [2.75, 3.05) is 25.0 Å². The van der Waals surface area contributed by atoms with Crippen molar-refractivity contribution >= 4 is 22.8 Å². The van der Waals surface area contributed by atoms with E-state index in [0.717, 1.165) is 23.9 Å². The minimum Gasteiger partial charge on any atom is -0.480 e. The quantitative estimate of drug-likeness (QED) is 0.379. The summed E-state index contributed by atoms with van der Waals surface area (Å²) in [5.74, 6) is -0.805. The van der Waals surface area contributed by atoms with E-state index in [0.29, 0.717) is 30.5 Å². The Bertz CT molecular complexity index is 1120. The van der Waals surface area contributed by atoms with E-state index < -0.39 is 18.6 Å². The van der Waals surface area contributed by atoms with Gasteiger partial charge in [0.2, 0.25) is 0 Å². The standard InChI is InChI=1S/C28H41N5O4/c34-18-24(28(36)37)29-14-15-30-26-27(35)33(25-11-7-6-10-23(25)31-26)22-16-20-12-13-21(17-22)32(20)19-8-4-2-1-3-5-9-19/h6-7,10-11,19-22,24,29,34H,1-5,8-9,12-18H2,(H,30,31)(H,36,37)/t20-,21?,22+,24?/m0/s1. The molecule has 3 heterocycles. The molecule has 2 unspecified atom stereocenters. The number of aliphatic carboxylic acids is 1. The summed E-state index contributed by atoms with van der Waals surface area (Å²) in [7, 11) is 0. The molecule has 1 aromatic carbocycles. The van der Waals surface area contributed by atoms with Crippen molar-refractivity contribution in [2.45, 2.75) is 101 Å². The summed E-state index contributed by atoms with van der Waals surface area (Å²) < 4.78 is 1.98. The molecule has 2 bridgehead atoms. The van der Waals surface area contributed by atoms with Gasteiger partial charge in [-0.25, -0.2) is 4.98 Å². The number of aromatic nitrogens is 2. The number of rotatable bonds is 9. The predicted octanol–water partition coefficient (Wildman–Crippen LogP) is 3.12. The zero-order chi connectivity index (χ0) is 25.8. The Morgan fingerprint density at radius 2 is 1.62 bits per heavy atom. The minimum atomic E-state index is -1.10. The van der Waals surface area contributed by atoms with E-state index in [-0.39, 0.29) is 18.1 Å². The van der Waals surface area contributed by atoms with Gasteiger partial charge in [-0.2, -0.15) is 0 Å². The van der Waals surface area contributed by atoms with Crippen molar-refractivity contribution in [1.29, 1.82) is 0 Å². The van der Waals surface area contributed by atoms with E-state index in [1.165, 1.54) is 57.8 Å². The van der Waals surface area contributed by atoms with Crippen LogP contribution in [0, 0.1) is 0 Å². The van der Waals surface area contributed by atoms with E-state index in [4.69, 9.17) is 5.11 Å². The topological polar surface area (TPSA) is 120 Å². The maximum atomic E-state index is 13.7. The molecular weight excluding hydrogens is 470 g/mol. The summed E-state index contributed by atoms with van der Waals surface area (Å²) in [5, 5.41) is 24.2. The van der Waals surface area contributed by atoms with Gasteiger partial charge >= 0.3 is 5.97 Å². The summed E-state index contributed by atoms with van der Waals surface area (Å²) in [6, 6.07) is 8.75. The van der Waals surface area contributed by atoms with Crippen LogP contribution in [0.5, 0.6) is 0 Å². The number of benzene rings is 1. The first-order valence-corrected chi connectivity index (χ1v) is 14.2. The van der Waals surface area contributed by atoms with Crippen LogP contribution in [0.3, 0.4) is 0 Å². The van der Waals surface area contributed by atoms with Crippen LogP contribution < -0.4 is 16.2 Å². The third-order valence-electron chi connectivity index (χ3n) is 8.71. The Hall–Kier alpha value is -2.49. The number of aliphatic hydroxyl groups is 1. The number of para-hydroxylation sites is 2. The molecule has 3 aliphatic rings. The van der Waals surface area contributed by atoms with Crippen LogP contribution in [0.4, 0.5) is 5.82 Å². The van der Waals surface area contributed by atoms with Gasteiger partial charge in [0.1, 0.15) is 6.04 Å². The molecule has 37 heavy (non-hydrogen) atoms. The van der Waals surface area contributed by atoms with Gasteiger partial charge in [-0.15, -0.1) is 0 Å². The van der Waals surface area contributed by atoms with Crippen LogP contribution in [0.1, 0.15) is 76.7 Å². The van der Waals surface area contributed by atoms with Crippen LogP contribution in [-0.4, -0.2) is 74.5 Å². The smallest absolute Gasteiger partial charge is 0.323 e. The fraction of sp³-hybridized carbons (Fsp3) is 0.679. The molecule has 9 nitrogen and oxygen atoms in total. The number of nitrogens with one attached hydrogen (secondary N) is 2. The summed E-state index contributed by atoms with van der Waals surface area (Å²) in [4.78, 5) is 32.3. The normalized spacial score (nSPS) is 26.0. The first-order valence-electron chi connectivity index (χ1n) is 14.2. The van der Waals surface area contributed by atoms with Crippen molar-refractivity contribution < 1.29 is 15.0 Å². The highest BCUT2D eigenvalue weighted by Gasteiger charge is 2.44. The van der Waals surface area contributed by atoms with Crippen molar-refractivity contribution in [2.24, 2.45) is 0 Å². The van der Waals surface area contributed by atoms with Crippen LogP contribution in [0.25, 0.3) is 11.0 Å². The Balaban J connectivity index is 1.34. The Morgan fingerprint density at radius 3 is 2.30 bits per heavy atom. The molecule has 2 saturated heterocycles. The zero-order valence-electron chi connectivity index (χ0n) is 21.6. The molecule has 1 aromatic heterocycles. The van der Waals surface area contributed by atoms with Gasteiger partial charge in [-0.3, -0.25) is 14.5 Å². The molecule has 1 saturated carbocycles. The third kappa shape index (κ3) is 5.68. The summed E-state index contributed by atoms with van der Waals surface area (Å²) in [5.41, 5.74) is 1.55. The van der Waals surface area contributed by atoms with Crippen LogP contribution in [0.15, 0.2) is 29.1 Å². The summed E-state index contributed by atoms with van der Waals surface area (Å²) in [6.45, 7) is 0.128. The number of carboxylic acids is 1. The molecule has 9 heteroatoms. The summed E-state index contributed by atoms with van der Waals surface area (Å²) in [6.07, 6.45) is 13.9. The number of hydrogen-bond donors (Lipinski definition) is 4. The summed E-state index contributed by atoms with van der Waals surface area (Å²) >= 11 is 0. The second kappa shape index (κ2) is 11.9. The number of aliphatic hydroxyl groups excluding tert-OH is 1. The first kappa shape index (κ1) is 26.1. The lowest BCUT2D eigenvalue weighted by atomic mass is 9.89. The average molecular weight is 512 g/mol. The SMILES string of the molecule is O=C(O)C(CO)NCCNc1nc2ccccc2n([C@H]2CC3CC[C@@H](C2)N3C2CCCCCCC2)c1=O. The zero-order valence-corrected chi connectivity index (χ0v) is 21.6. The lowest BCUT2D eigenvalue weighted by Gasteiger charge is -2.45. The van der Waals surface area contributed by atoms with Crippen molar-refractivity contribution in [3.8, 4) is 0 Å². The maximum absolute atomic E-state index is 13.7. The Morgan fingerprint density at radius 1 is 0.946 bits per heavy atom. The van der Waals surface area contributed by atoms with E-state index >= 15 is 0 Å². The highest BCUT2D eigenvalue weighted by Crippen LogP contribution is 2.44. The monoisotopic (exact) mass is 511 g/mol. The number of carboxylic acid groups (broad SMARTS) is 1. The molecular formula is C28H41N5O4.